The minimum atomic E-state index is 0.993. The molecule has 0 saturated heterocycles. The van der Waals surface area contributed by atoms with Crippen LogP contribution in [0.2, 0.25) is 0 Å². The number of aromatic nitrogens is 4. The molecule has 92 valence electrons. The standard InChI is InChI=1S/C14H16N4/c1-9-6-5-7-18-8-12(15-14(9)18)13-10(2)16-17(4)11(13)3/h5-8H,1-4H3. The van der Waals surface area contributed by atoms with Crippen molar-refractivity contribution in [2.24, 2.45) is 7.05 Å². The Balaban J connectivity index is 2.29. The summed E-state index contributed by atoms with van der Waals surface area (Å²) >= 11 is 0. The van der Waals surface area contributed by atoms with Crippen molar-refractivity contribution < 1.29 is 0 Å². The molecule has 4 nitrogen and oxygen atoms in total. The van der Waals surface area contributed by atoms with Gasteiger partial charge in [-0.15, -0.1) is 0 Å². The van der Waals surface area contributed by atoms with Gasteiger partial charge in [-0.25, -0.2) is 4.98 Å². The van der Waals surface area contributed by atoms with Crippen molar-refractivity contribution in [1.82, 2.24) is 19.2 Å². The van der Waals surface area contributed by atoms with Crippen LogP contribution in [0.1, 0.15) is 17.0 Å². The summed E-state index contributed by atoms with van der Waals surface area (Å²) in [6, 6.07) is 4.12. The first kappa shape index (κ1) is 11.0. The summed E-state index contributed by atoms with van der Waals surface area (Å²) in [7, 11) is 1.97. The number of aryl methyl sites for hydroxylation is 3. The smallest absolute Gasteiger partial charge is 0.140 e. The average Bonchev–Trinajstić information content (AvgIpc) is 2.83. The largest absolute Gasteiger partial charge is 0.306 e. The van der Waals surface area contributed by atoms with Crippen LogP contribution >= 0.6 is 0 Å². The van der Waals surface area contributed by atoms with Gasteiger partial charge in [-0.1, -0.05) is 6.07 Å². The zero-order valence-corrected chi connectivity index (χ0v) is 11.1. The molecule has 0 radical (unpaired) electrons. The molecule has 4 heteroatoms. The highest BCUT2D eigenvalue weighted by atomic mass is 15.3. The Labute approximate surface area is 106 Å². The molecule has 0 aromatic carbocycles. The van der Waals surface area contributed by atoms with Crippen molar-refractivity contribution in [3.05, 3.63) is 41.5 Å². The van der Waals surface area contributed by atoms with E-state index in [1.54, 1.807) is 0 Å². The van der Waals surface area contributed by atoms with E-state index in [0.717, 1.165) is 28.3 Å². The fraction of sp³-hybridized carbons (Fsp3) is 0.286. The molecule has 0 aliphatic carbocycles. The summed E-state index contributed by atoms with van der Waals surface area (Å²) in [5, 5.41) is 4.45. The Kier molecular flexibility index (Phi) is 2.26. The number of nitrogens with zero attached hydrogens (tertiary/aromatic N) is 4. The van der Waals surface area contributed by atoms with E-state index in [4.69, 9.17) is 4.98 Å². The number of fused-ring (bicyclic) bond motifs is 1. The number of hydrogen-bond acceptors (Lipinski definition) is 2. The molecule has 0 aliphatic heterocycles. The summed E-state index contributed by atoms with van der Waals surface area (Å²) in [5.74, 6) is 0. The summed E-state index contributed by atoms with van der Waals surface area (Å²) in [5.41, 5.74) is 6.50. The number of hydrogen-bond donors (Lipinski definition) is 0. The molecule has 3 rings (SSSR count). The van der Waals surface area contributed by atoms with E-state index in [-0.39, 0.29) is 0 Å². The summed E-state index contributed by atoms with van der Waals surface area (Å²) < 4.78 is 3.97. The first-order chi connectivity index (χ1) is 8.58. The van der Waals surface area contributed by atoms with Gasteiger partial charge in [0.05, 0.1) is 11.4 Å². The quantitative estimate of drug-likeness (QED) is 0.655. The van der Waals surface area contributed by atoms with Gasteiger partial charge in [0, 0.05) is 30.7 Å². The number of imidazole rings is 1. The lowest BCUT2D eigenvalue weighted by molar-refractivity contribution is 0.731. The van der Waals surface area contributed by atoms with Gasteiger partial charge in [-0.3, -0.25) is 4.68 Å². The zero-order valence-electron chi connectivity index (χ0n) is 11.1. The summed E-state index contributed by atoms with van der Waals surface area (Å²) in [4.78, 5) is 4.73. The molecule has 0 unspecified atom stereocenters. The average molecular weight is 240 g/mol. The van der Waals surface area contributed by atoms with Crippen molar-refractivity contribution in [2.75, 3.05) is 0 Å². The fourth-order valence-electron chi connectivity index (χ4n) is 2.42. The highest BCUT2D eigenvalue weighted by Crippen LogP contribution is 2.26. The van der Waals surface area contributed by atoms with Crippen molar-refractivity contribution >= 4 is 5.65 Å². The number of rotatable bonds is 1. The van der Waals surface area contributed by atoms with Crippen molar-refractivity contribution in [1.29, 1.82) is 0 Å². The van der Waals surface area contributed by atoms with Crippen molar-refractivity contribution in [3.8, 4) is 11.3 Å². The highest BCUT2D eigenvalue weighted by Gasteiger charge is 2.15. The number of pyridine rings is 1. The van der Waals surface area contributed by atoms with E-state index in [9.17, 15) is 0 Å². The fourth-order valence-corrected chi connectivity index (χ4v) is 2.42. The van der Waals surface area contributed by atoms with Crippen molar-refractivity contribution in [2.45, 2.75) is 20.8 Å². The van der Waals surface area contributed by atoms with Gasteiger partial charge in [0.15, 0.2) is 0 Å². The van der Waals surface area contributed by atoms with E-state index >= 15 is 0 Å². The van der Waals surface area contributed by atoms with E-state index in [0.29, 0.717) is 0 Å². The van der Waals surface area contributed by atoms with Crippen LogP contribution in [0.4, 0.5) is 0 Å². The predicted molar refractivity (Wildman–Crippen MR) is 71.6 cm³/mol. The Bertz CT molecular complexity index is 734. The molecule has 0 bridgehead atoms. The zero-order chi connectivity index (χ0) is 12.9. The molecular formula is C14H16N4. The Hall–Kier alpha value is -2.10. The van der Waals surface area contributed by atoms with E-state index < -0.39 is 0 Å². The van der Waals surface area contributed by atoms with Crippen LogP contribution in [0.3, 0.4) is 0 Å². The van der Waals surface area contributed by atoms with Crippen LogP contribution in [0.15, 0.2) is 24.5 Å². The lowest BCUT2D eigenvalue weighted by atomic mass is 10.1. The van der Waals surface area contributed by atoms with Gasteiger partial charge in [0.1, 0.15) is 5.65 Å². The third-order valence-electron chi connectivity index (χ3n) is 3.44. The second kappa shape index (κ2) is 3.70. The Morgan fingerprint density at radius 1 is 1.17 bits per heavy atom. The topological polar surface area (TPSA) is 35.1 Å². The van der Waals surface area contributed by atoms with E-state index in [2.05, 4.69) is 35.6 Å². The maximum Gasteiger partial charge on any atom is 0.140 e. The summed E-state index contributed by atoms with van der Waals surface area (Å²) in [6.07, 6.45) is 4.10. The van der Waals surface area contributed by atoms with Gasteiger partial charge in [-0.05, 0) is 32.4 Å². The molecule has 0 N–H and O–H groups in total. The molecule has 3 heterocycles. The van der Waals surface area contributed by atoms with Gasteiger partial charge >= 0.3 is 0 Å². The van der Waals surface area contributed by atoms with Gasteiger partial charge < -0.3 is 4.40 Å². The maximum absolute atomic E-state index is 4.73. The molecule has 0 atom stereocenters. The maximum atomic E-state index is 4.73. The monoisotopic (exact) mass is 240 g/mol. The summed E-state index contributed by atoms with van der Waals surface area (Å²) in [6.45, 7) is 6.18. The van der Waals surface area contributed by atoms with Crippen LogP contribution in [-0.4, -0.2) is 19.2 Å². The minimum absolute atomic E-state index is 0.993. The van der Waals surface area contributed by atoms with Crippen LogP contribution in [-0.2, 0) is 7.05 Å². The third-order valence-corrected chi connectivity index (χ3v) is 3.44. The molecule has 0 aliphatic rings. The Morgan fingerprint density at radius 2 is 1.94 bits per heavy atom. The molecule has 18 heavy (non-hydrogen) atoms. The predicted octanol–water partition coefficient (Wildman–Crippen LogP) is 2.66. The minimum Gasteiger partial charge on any atom is -0.306 e. The van der Waals surface area contributed by atoms with Gasteiger partial charge in [0.25, 0.3) is 0 Å². The SMILES string of the molecule is Cc1nn(C)c(C)c1-c1cn2cccc(C)c2n1. The van der Waals surface area contributed by atoms with Gasteiger partial charge in [0.2, 0.25) is 0 Å². The lowest BCUT2D eigenvalue weighted by Crippen LogP contribution is -1.92. The molecule has 0 saturated carbocycles. The molecule has 0 amide bonds. The Morgan fingerprint density at radius 3 is 2.56 bits per heavy atom. The first-order valence-electron chi connectivity index (χ1n) is 6.03. The second-order valence-corrected chi connectivity index (χ2v) is 4.72. The van der Waals surface area contributed by atoms with Crippen LogP contribution in [0.5, 0.6) is 0 Å². The molecule has 3 aromatic rings. The molecule has 3 aromatic heterocycles. The lowest BCUT2D eigenvalue weighted by Gasteiger charge is -1.96. The van der Waals surface area contributed by atoms with Crippen LogP contribution in [0.25, 0.3) is 16.9 Å². The van der Waals surface area contributed by atoms with Crippen LogP contribution < -0.4 is 0 Å². The van der Waals surface area contributed by atoms with Crippen molar-refractivity contribution in [3.63, 3.8) is 0 Å². The first-order valence-corrected chi connectivity index (χ1v) is 6.03. The molecular weight excluding hydrogens is 224 g/mol. The third kappa shape index (κ3) is 1.45. The molecule has 0 fully saturated rings. The van der Waals surface area contributed by atoms with Crippen LogP contribution in [0, 0.1) is 20.8 Å². The molecule has 0 spiro atoms. The van der Waals surface area contributed by atoms with Gasteiger partial charge in [-0.2, -0.15) is 5.10 Å². The second-order valence-electron chi connectivity index (χ2n) is 4.72. The normalized spacial score (nSPS) is 11.3. The highest BCUT2D eigenvalue weighted by molar-refractivity contribution is 5.68. The van der Waals surface area contributed by atoms with E-state index in [1.807, 2.05) is 30.9 Å². The van der Waals surface area contributed by atoms with E-state index in [1.165, 1.54) is 5.56 Å².